The second kappa shape index (κ2) is 12.2. The van der Waals surface area contributed by atoms with E-state index in [4.69, 9.17) is 4.74 Å². The second-order valence-electron chi connectivity index (χ2n) is 15.6. The Morgan fingerprint density at radius 3 is 1.79 bits per heavy atom. The predicted molar refractivity (Wildman–Crippen MR) is 235 cm³/mol. The molecular formula is C55H37NO. The lowest BCUT2D eigenvalue weighted by atomic mass is 9.68. The lowest BCUT2D eigenvalue weighted by Crippen LogP contribution is -2.26. The molecule has 2 aliphatic heterocycles. The van der Waals surface area contributed by atoms with Crippen LogP contribution in [0.3, 0.4) is 0 Å². The summed E-state index contributed by atoms with van der Waals surface area (Å²) in [7, 11) is 0. The second-order valence-corrected chi connectivity index (χ2v) is 15.6. The van der Waals surface area contributed by atoms with E-state index >= 15 is 0 Å². The molecule has 2 heteroatoms. The first-order valence-corrected chi connectivity index (χ1v) is 19.9. The van der Waals surface area contributed by atoms with Gasteiger partial charge in [0, 0.05) is 28.3 Å². The van der Waals surface area contributed by atoms with Crippen molar-refractivity contribution in [3.05, 3.63) is 240 Å². The molecule has 0 bridgehead atoms. The zero-order valence-electron chi connectivity index (χ0n) is 31.3. The third-order valence-electron chi connectivity index (χ3n) is 12.7. The molecule has 2 unspecified atom stereocenters. The van der Waals surface area contributed by atoms with E-state index in [1.165, 1.54) is 55.6 Å². The molecule has 0 fully saturated rings. The van der Waals surface area contributed by atoms with Gasteiger partial charge in [0.15, 0.2) is 0 Å². The molecule has 2 nitrogen and oxygen atoms in total. The van der Waals surface area contributed by atoms with E-state index in [0.29, 0.717) is 0 Å². The van der Waals surface area contributed by atoms with Crippen molar-refractivity contribution in [1.29, 1.82) is 0 Å². The minimum atomic E-state index is -0.501. The first-order chi connectivity index (χ1) is 28.2. The fourth-order valence-electron chi connectivity index (χ4n) is 10.4. The van der Waals surface area contributed by atoms with Gasteiger partial charge in [-0.15, -0.1) is 0 Å². The van der Waals surface area contributed by atoms with Gasteiger partial charge >= 0.3 is 0 Å². The Kier molecular flexibility index (Phi) is 6.86. The van der Waals surface area contributed by atoms with Crippen LogP contribution < -0.4 is 9.64 Å². The van der Waals surface area contributed by atoms with Crippen molar-refractivity contribution in [2.45, 2.75) is 17.4 Å². The molecule has 1 spiro atoms. The van der Waals surface area contributed by atoms with Crippen LogP contribution in [-0.4, -0.2) is 6.10 Å². The normalized spacial score (nSPS) is 19.3. The fraction of sp³-hybridized carbons (Fsp3) is 0.0545. The van der Waals surface area contributed by atoms with Gasteiger partial charge in [-0.2, -0.15) is 0 Å². The van der Waals surface area contributed by atoms with Crippen LogP contribution in [0.2, 0.25) is 0 Å². The van der Waals surface area contributed by atoms with Crippen LogP contribution in [0.1, 0.15) is 39.3 Å². The Morgan fingerprint density at radius 2 is 1.07 bits per heavy atom. The zero-order chi connectivity index (χ0) is 37.7. The van der Waals surface area contributed by atoms with Gasteiger partial charge in [0.05, 0.1) is 16.8 Å². The first kappa shape index (κ1) is 32.1. The van der Waals surface area contributed by atoms with Gasteiger partial charge < -0.3 is 9.64 Å². The van der Waals surface area contributed by atoms with Crippen molar-refractivity contribution in [2.75, 3.05) is 4.90 Å². The van der Waals surface area contributed by atoms with Gasteiger partial charge in [0.1, 0.15) is 11.9 Å². The molecule has 2 atom stereocenters. The van der Waals surface area contributed by atoms with Crippen molar-refractivity contribution in [3.8, 4) is 50.3 Å². The van der Waals surface area contributed by atoms with Gasteiger partial charge in [-0.3, -0.25) is 0 Å². The maximum atomic E-state index is 7.11. The van der Waals surface area contributed by atoms with Crippen LogP contribution in [-0.2, 0) is 5.41 Å². The largest absolute Gasteiger partial charge is 0.484 e. The number of para-hydroxylation sites is 2. The third kappa shape index (κ3) is 4.41. The fourth-order valence-corrected chi connectivity index (χ4v) is 10.4. The lowest BCUT2D eigenvalue weighted by molar-refractivity contribution is 0.269. The topological polar surface area (TPSA) is 12.5 Å². The van der Waals surface area contributed by atoms with Crippen LogP contribution in [0.15, 0.2) is 206 Å². The summed E-state index contributed by atoms with van der Waals surface area (Å²) < 4.78 is 7.11. The number of hydrogen-bond acceptors (Lipinski definition) is 2. The molecule has 2 heterocycles. The Bertz CT molecular complexity index is 2930. The van der Waals surface area contributed by atoms with Gasteiger partial charge in [-0.1, -0.05) is 176 Å². The number of allylic oxidation sites excluding steroid dienone is 5. The van der Waals surface area contributed by atoms with Crippen molar-refractivity contribution in [2.24, 2.45) is 0 Å². The Balaban J connectivity index is 1.10. The average Bonchev–Trinajstić information content (AvgIpc) is 3.89. The van der Waals surface area contributed by atoms with Crippen LogP contribution in [0.5, 0.6) is 5.75 Å². The summed E-state index contributed by atoms with van der Waals surface area (Å²) in [6.45, 7) is 4.52. The van der Waals surface area contributed by atoms with Crippen molar-refractivity contribution in [1.82, 2.24) is 0 Å². The van der Waals surface area contributed by atoms with Gasteiger partial charge in [-0.05, 0) is 91.5 Å². The predicted octanol–water partition coefficient (Wildman–Crippen LogP) is 13.6. The summed E-state index contributed by atoms with van der Waals surface area (Å²) in [4.78, 5) is 2.28. The highest BCUT2D eigenvalue weighted by molar-refractivity contribution is 6.01. The smallest absolute Gasteiger partial charge is 0.132 e. The molecule has 12 rings (SSSR count). The third-order valence-corrected chi connectivity index (χ3v) is 12.7. The molecule has 268 valence electrons. The minimum absolute atomic E-state index is 0.0375. The van der Waals surface area contributed by atoms with Crippen LogP contribution in [0.4, 0.5) is 11.4 Å². The summed E-state index contributed by atoms with van der Waals surface area (Å²) in [6, 6.07) is 56.1. The molecule has 0 aromatic heterocycles. The van der Waals surface area contributed by atoms with Crippen LogP contribution in [0.25, 0.3) is 50.6 Å². The SMILES string of the molecule is C=C1/C=C\C=C/c2ccccc2N1c1ccccc1-c1ccc(-c2c3c(cc4c2C2(c5ccccc5-c5ccccc52)c2ccccc2-4)C2C=CC=CC2O3)cc1. The standard InChI is InChI=1S/C55H37NO/c1-35-16-2-3-17-37-18-4-13-27-49(37)56(35)50-28-14-8-19-39(50)36-30-32-38(33-31-36)52-53-44(34-45-43-23-9-15-29-51(43)57-54(45)52)42-22-7-12-26-48(42)55(53)46-24-10-5-20-40(46)41-21-6-11-25-47(41)55/h2-34,43,51H,1H2/b16-2-,17-3-. The van der Waals surface area contributed by atoms with Crippen molar-refractivity contribution in [3.63, 3.8) is 0 Å². The van der Waals surface area contributed by atoms with Crippen LogP contribution in [0, 0.1) is 0 Å². The molecule has 7 aromatic rings. The Hall–Kier alpha value is -7.16. The van der Waals surface area contributed by atoms with E-state index < -0.39 is 5.41 Å². The maximum absolute atomic E-state index is 7.11. The summed E-state index contributed by atoms with van der Waals surface area (Å²) in [5.74, 6) is 1.15. The molecule has 57 heavy (non-hydrogen) atoms. The highest BCUT2D eigenvalue weighted by Crippen LogP contribution is 2.67. The Labute approximate surface area is 333 Å². The average molecular weight is 728 g/mol. The summed E-state index contributed by atoms with van der Waals surface area (Å²) in [6.07, 6.45) is 17.2. The number of hydrogen-bond donors (Lipinski definition) is 0. The number of rotatable bonds is 3. The molecule has 0 N–H and O–H groups in total. The van der Waals surface area contributed by atoms with E-state index in [1.54, 1.807) is 0 Å². The number of ether oxygens (including phenoxy) is 1. The van der Waals surface area contributed by atoms with Gasteiger partial charge in [0.25, 0.3) is 0 Å². The summed E-state index contributed by atoms with van der Waals surface area (Å²) in [5.41, 5.74) is 20.1. The molecule has 0 amide bonds. The van der Waals surface area contributed by atoms with E-state index in [0.717, 1.165) is 45.1 Å². The Morgan fingerprint density at radius 1 is 0.509 bits per heavy atom. The van der Waals surface area contributed by atoms with E-state index in [9.17, 15) is 0 Å². The van der Waals surface area contributed by atoms with Crippen molar-refractivity contribution < 1.29 is 4.74 Å². The minimum Gasteiger partial charge on any atom is -0.484 e. The van der Waals surface area contributed by atoms with E-state index in [1.807, 2.05) is 0 Å². The molecule has 0 saturated carbocycles. The van der Waals surface area contributed by atoms with Gasteiger partial charge in [-0.25, -0.2) is 0 Å². The number of benzene rings is 7. The maximum Gasteiger partial charge on any atom is 0.132 e. The number of anilines is 2. The highest BCUT2D eigenvalue weighted by atomic mass is 16.5. The molecule has 5 aliphatic rings. The zero-order valence-corrected chi connectivity index (χ0v) is 31.3. The molecule has 7 aromatic carbocycles. The van der Waals surface area contributed by atoms with Gasteiger partial charge in [0.2, 0.25) is 0 Å². The van der Waals surface area contributed by atoms with E-state index in [-0.39, 0.29) is 12.0 Å². The lowest BCUT2D eigenvalue weighted by Gasteiger charge is -2.33. The highest BCUT2D eigenvalue weighted by Gasteiger charge is 2.54. The summed E-state index contributed by atoms with van der Waals surface area (Å²) >= 11 is 0. The monoisotopic (exact) mass is 727 g/mol. The molecule has 3 aliphatic carbocycles. The molecule has 0 saturated heterocycles. The first-order valence-electron chi connectivity index (χ1n) is 19.9. The molecular weight excluding hydrogens is 691 g/mol. The van der Waals surface area contributed by atoms with Crippen molar-refractivity contribution >= 4 is 17.5 Å². The quantitative estimate of drug-likeness (QED) is 0.180. The van der Waals surface area contributed by atoms with Crippen LogP contribution >= 0.6 is 0 Å². The molecule has 0 radical (unpaired) electrons. The number of fused-ring (bicyclic) bond motifs is 14. The summed E-state index contributed by atoms with van der Waals surface area (Å²) in [5, 5.41) is 0. The number of nitrogens with zero attached hydrogens (tertiary/aromatic N) is 1. The van der Waals surface area contributed by atoms with E-state index in [2.05, 4.69) is 212 Å².